The molecule has 0 radical (unpaired) electrons. The number of nitrogens with zero attached hydrogens (tertiary/aromatic N) is 2. The van der Waals surface area contributed by atoms with Crippen LogP contribution in [0.3, 0.4) is 0 Å². The van der Waals surface area contributed by atoms with E-state index in [1.807, 2.05) is 24.3 Å². The number of nitrogens with two attached hydrogens (primary N) is 1. The van der Waals surface area contributed by atoms with Gasteiger partial charge in [-0.15, -0.1) is 0 Å². The molecule has 2 aromatic rings. The molecule has 2 aliphatic rings. The van der Waals surface area contributed by atoms with Crippen LogP contribution in [0, 0.1) is 11.6 Å². The van der Waals surface area contributed by atoms with Gasteiger partial charge in [-0.25, -0.2) is 8.78 Å². The van der Waals surface area contributed by atoms with E-state index in [0.717, 1.165) is 82.4 Å². The molecule has 4 nitrogen and oxygen atoms in total. The number of primary amides is 1. The topological polar surface area (TPSA) is 49.6 Å². The molecule has 0 saturated carbocycles. The molecule has 4 rings (SSSR count). The van der Waals surface area contributed by atoms with Gasteiger partial charge in [0.1, 0.15) is 17.2 Å². The second-order valence-corrected chi connectivity index (χ2v) is 9.58. The molecule has 2 aromatic carbocycles. The Kier molecular flexibility index (Phi) is 7.76. The standard InChI is InChI=1S/C27H35F2N3O/c28-23-10-6-21(7-11-23)25(22-8-12-24(29)13-9-22)5-4-16-31-19-14-27(15-20-31,26(30)33)32-17-2-1-3-18-32/h6-13,25H,1-5,14-20H2,(H2,30,33). The van der Waals surface area contributed by atoms with Crippen molar-refractivity contribution in [2.45, 2.75) is 56.4 Å². The lowest BCUT2D eigenvalue weighted by Gasteiger charge is -2.48. The van der Waals surface area contributed by atoms with Crippen LogP contribution in [0.4, 0.5) is 8.78 Å². The normalized spacial score (nSPS) is 19.6. The van der Waals surface area contributed by atoms with Crippen molar-refractivity contribution in [3.05, 3.63) is 71.3 Å². The Labute approximate surface area is 195 Å². The number of carbonyl (C=O) groups excluding carboxylic acids is 1. The first-order valence-electron chi connectivity index (χ1n) is 12.3. The number of amides is 1. The smallest absolute Gasteiger partial charge is 0.238 e. The highest BCUT2D eigenvalue weighted by molar-refractivity contribution is 5.84. The minimum absolute atomic E-state index is 0.0917. The van der Waals surface area contributed by atoms with Gasteiger partial charge < -0.3 is 10.6 Å². The summed E-state index contributed by atoms with van der Waals surface area (Å²) in [7, 11) is 0. The quantitative estimate of drug-likeness (QED) is 0.629. The van der Waals surface area contributed by atoms with Crippen molar-refractivity contribution < 1.29 is 13.6 Å². The summed E-state index contributed by atoms with van der Waals surface area (Å²) in [6.07, 6.45) is 6.97. The van der Waals surface area contributed by atoms with Crippen molar-refractivity contribution in [1.82, 2.24) is 9.80 Å². The molecule has 2 fully saturated rings. The van der Waals surface area contributed by atoms with E-state index in [1.165, 1.54) is 30.7 Å². The molecule has 6 heteroatoms. The van der Waals surface area contributed by atoms with Crippen molar-refractivity contribution in [1.29, 1.82) is 0 Å². The molecule has 178 valence electrons. The SMILES string of the molecule is NC(=O)C1(N2CCCCC2)CCN(CCCC(c2ccc(F)cc2)c2ccc(F)cc2)CC1. The van der Waals surface area contributed by atoms with E-state index in [-0.39, 0.29) is 23.5 Å². The third-order valence-corrected chi connectivity index (χ3v) is 7.62. The van der Waals surface area contributed by atoms with Crippen LogP contribution in [0.25, 0.3) is 0 Å². The number of halogens is 2. The molecule has 0 spiro atoms. The first-order chi connectivity index (χ1) is 16.0. The largest absolute Gasteiger partial charge is 0.368 e. The summed E-state index contributed by atoms with van der Waals surface area (Å²) >= 11 is 0. The third-order valence-electron chi connectivity index (χ3n) is 7.62. The first-order valence-corrected chi connectivity index (χ1v) is 12.3. The van der Waals surface area contributed by atoms with Gasteiger partial charge in [0.15, 0.2) is 0 Å². The zero-order valence-electron chi connectivity index (χ0n) is 19.3. The van der Waals surface area contributed by atoms with Crippen molar-refractivity contribution in [3.8, 4) is 0 Å². The molecule has 1 amide bonds. The predicted molar refractivity (Wildman–Crippen MR) is 127 cm³/mol. The van der Waals surface area contributed by atoms with E-state index >= 15 is 0 Å². The number of hydrogen-bond acceptors (Lipinski definition) is 3. The van der Waals surface area contributed by atoms with Gasteiger partial charge in [-0.2, -0.15) is 0 Å². The minimum atomic E-state index is -0.484. The van der Waals surface area contributed by atoms with Crippen LogP contribution < -0.4 is 5.73 Å². The summed E-state index contributed by atoms with van der Waals surface area (Å²) in [5.74, 6) is -0.584. The molecule has 2 aliphatic heterocycles. The maximum Gasteiger partial charge on any atom is 0.238 e. The number of carbonyl (C=O) groups is 1. The molecule has 0 aromatic heterocycles. The summed E-state index contributed by atoms with van der Waals surface area (Å²) < 4.78 is 26.9. The molecule has 0 atom stereocenters. The summed E-state index contributed by atoms with van der Waals surface area (Å²) in [6.45, 7) is 4.63. The fraction of sp³-hybridized carbons (Fsp3) is 0.519. The maximum absolute atomic E-state index is 13.5. The van der Waals surface area contributed by atoms with Gasteiger partial charge in [0.2, 0.25) is 5.91 Å². The Morgan fingerprint density at radius 1 is 0.848 bits per heavy atom. The van der Waals surface area contributed by atoms with Crippen LogP contribution in [-0.2, 0) is 4.79 Å². The average molecular weight is 456 g/mol. The van der Waals surface area contributed by atoms with E-state index in [1.54, 1.807) is 0 Å². The van der Waals surface area contributed by atoms with E-state index in [9.17, 15) is 13.6 Å². The van der Waals surface area contributed by atoms with Crippen molar-refractivity contribution in [3.63, 3.8) is 0 Å². The summed E-state index contributed by atoms with van der Waals surface area (Å²) in [4.78, 5) is 17.2. The second kappa shape index (κ2) is 10.7. The van der Waals surface area contributed by atoms with Crippen LogP contribution >= 0.6 is 0 Å². The van der Waals surface area contributed by atoms with Gasteiger partial charge in [-0.1, -0.05) is 30.7 Å². The molecule has 2 saturated heterocycles. The van der Waals surface area contributed by atoms with E-state index in [2.05, 4.69) is 9.80 Å². The Hall–Kier alpha value is -2.31. The molecular weight excluding hydrogens is 420 g/mol. The zero-order valence-corrected chi connectivity index (χ0v) is 19.3. The molecule has 2 heterocycles. The number of hydrogen-bond donors (Lipinski definition) is 1. The molecule has 33 heavy (non-hydrogen) atoms. The van der Waals surface area contributed by atoms with Gasteiger partial charge in [-0.3, -0.25) is 9.69 Å². The lowest BCUT2D eigenvalue weighted by molar-refractivity contribution is -0.135. The summed E-state index contributed by atoms with van der Waals surface area (Å²) in [5, 5.41) is 0. The maximum atomic E-state index is 13.5. The zero-order chi connectivity index (χ0) is 23.3. The van der Waals surface area contributed by atoms with E-state index in [0.29, 0.717) is 0 Å². The van der Waals surface area contributed by atoms with E-state index in [4.69, 9.17) is 5.73 Å². The summed E-state index contributed by atoms with van der Waals surface area (Å²) in [5.41, 5.74) is 7.51. The predicted octanol–water partition coefficient (Wildman–Crippen LogP) is 4.68. The Balaban J connectivity index is 1.36. The Bertz CT molecular complexity index is 856. The first kappa shape index (κ1) is 23.8. The lowest BCUT2D eigenvalue weighted by Crippen LogP contribution is -2.63. The number of benzene rings is 2. The van der Waals surface area contributed by atoms with Gasteiger partial charge in [0.25, 0.3) is 0 Å². The number of piperidine rings is 2. The highest BCUT2D eigenvalue weighted by Crippen LogP contribution is 2.33. The Morgan fingerprint density at radius 3 is 1.85 bits per heavy atom. The monoisotopic (exact) mass is 455 g/mol. The highest BCUT2D eigenvalue weighted by Gasteiger charge is 2.44. The van der Waals surface area contributed by atoms with Crippen LogP contribution in [0.15, 0.2) is 48.5 Å². The molecule has 0 unspecified atom stereocenters. The third kappa shape index (κ3) is 5.61. The Morgan fingerprint density at radius 2 is 1.36 bits per heavy atom. The van der Waals surface area contributed by atoms with Gasteiger partial charge >= 0.3 is 0 Å². The fourth-order valence-electron chi connectivity index (χ4n) is 5.62. The van der Waals surface area contributed by atoms with Crippen molar-refractivity contribution in [2.75, 3.05) is 32.7 Å². The summed E-state index contributed by atoms with van der Waals surface area (Å²) in [6, 6.07) is 13.2. The van der Waals surface area contributed by atoms with Crippen LogP contribution in [0.1, 0.15) is 62.0 Å². The van der Waals surface area contributed by atoms with Gasteiger partial charge in [0, 0.05) is 19.0 Å². The number of likely N-dealkylation sites (tertiary alicyclic amines) is 2. The van der Waals surface area contributed by atoms with Crippen LogP contribution in [-0.4, -0.2) is 54.0 Å². The van der Waals surface area contributed by atoms with Crippen molar-refractivity contribution >= 4 is 5.91 Å². The van der Waals surface area contributed by atoms with Crippen molar-refractivity contribution in [2.24, 2.45) is 5.73 Å². The highest BCUT2D eigenvalue weighted by atomic mass is 19.1. The molecule has 2 N–H and O–H groups in total. The lowest BCUT2D eigenvalue weighted by atomic mass is 9.83. The van der Waals surface area contributed by atoms with Gasteiger partial charge in [-0.05, 0) is 93.6 Å². The van der Waals surface area contributed by atoms with Gasteiger partial charge in [0.05, 0.1) is 0 Å². The fourth-order valence-corrected chi connectivity index (χ4v) is 5.62. The minimum Gasteiger partial charge on any atom is -0.368 e. The van der Waals surface area contributed by atoms with Crippen LogP contribution in [0.5, 0.6) is 0 Å². The molecular formula is C27H35F2N3O. The number of rotatable bonds is 8. The molecule has 0 aliphatic carbocycles. The second-order valence-electron chi connectivity index (χ2n) is 9.58. The van der Waals surface area contributed by atoms with Crippen LogP contribution in [0.2, 0.25) is 0 Å². The van der Waals surface area contributed by atoms with E-state index < -0.39 is 5.54 Å². The molecule has 0 bridgehead atoms. The average Bonchev–Trinajstić information content (AvgIpc) is 2.84.